The zero-order valence-corrected chi connectivity index (χ0v) is 18.4. The lowest BCUT2D eigenvalue weighted by Gasteiger charge is -2.51. The third kappa shape index (κ3) is 5.15. The lowest BCUT2D eigenvalue weighted by atomic mass is 9.79. The second kappa shape index (κ2) is 8.54. The first-order valence-electron chi connectivity index (χ1n) is 10.9. The van der Waals surface area contributed by atoms with Gasteiger partial charge in [-0.05, 0) is 43.6 Å². The maximum Gasteiger partial charge on any atom is 0.219 e. The predicted octanol–water partition coefficient (Wildman–Crippen LogP) is 4.66. The van der Waals surface area contributed by atoms with Crippen molar-refractivity contribution in [2.75, 3.05) is 26.2 Å². The Hall–Kier alpha value is -1.39. The number of hydrogen-bond acceptors (Lipinski definition) is 3. The number of ether oxygens (including phenoxy) is 1. The molecular formula is C24H38N2O2. The zero-order chi connectivity index (χ0) is 20.4. The minimum Gasteiger partial charge on any atom is -0.367 e. The average molecular weight is 387 g/mol. The van der Waals surface area contributed by atoms with Crippen LogP contribution in [-0.4, -0.2) is 53.5 Å². The van der Waals surface area contributed by atoms with Crippen LogP contribution >= 0.6 is 0 Å². The molecule has 2 atom stereocenters. The van der Waals surface area contributed by atoms with Crippen LogP contribution in [0.1, 0.15) is 72.0 Å². The molecule has 0 N–H and O–H groups in total. The van der Waals surface area contributed by atoms with Gasteiger partial charge in [-0.3, -0.25) is 4.79 Å². The number of piperidine rings is 1. The average Bonchev–Trinajstić information content (AvgIpc) is 2.64. The van der Waals surface area contributed by atoms with Gasteiger partial charge in [0.25, 0.3) is 0 Å². The van der Waals surface area contributed by atoms with Gasteiger partial charge in [0, 0.05) is 39.1 Å². The van der Waals surface area contributed by atoms with Crippen molar-refractivity contribution in [1.29, 1.82) is 0 Å². The van der Waals surface area contributed by atoms with E-state index in [1.165, 1.54) is 5.56 Å². The number of carbonyl (C=O) groups is 1. The third-order valence-corrected chi connectivity index (χ3v) is 6.31. The summed E-state index contributed by atoms with van der Waals surface area (Å²) in [6.45, 7) is 14.8. The summed E-state index contributed by atoms with van der Waals surface area (Å²) in [5.41, 5.74) is 1.45. The van der Waals surface area contributed by atoms with Crippen LogP contribution in [0.4, 0.5) is 0 Å². The summed E-state index contributed by atoms with van der Waals surface area (Å²) in [7, 11) is 0. The number of likely N-dealkylation sites (tertiary alicyclic amines) is 1. The van der Waals surface area contributed by atoms with E-state index in [0.29, 0.717) is 5.41 Å². The Kier molecular flexibility index (Phi) is 6.51. The summed E-state index contributed by atoms with van der Waals surface area (Å²) in [6, 6.07) is 10.8. The van der Waals surface area contributed by atoms with E-state index in [4.69, 9.17) is 4.74 Å². The Morgan fingerprint density at radius 3 is 2.39 bits per heavy atom. The van der Waals surface area contributed by atoms with Crippen LogP contribution in [0.3, 0.4) is 0 Å². The number of nitrogens with zero attached hydrogens (tertiary/aromatic N) is 2. The second-order valence-corrected chi connectivity index (χ2v) is 9.94. The normalized spacial score (nSPS) is 25.6. The molecule has 4 heteroatoms. The van der Waals surface area contributed by atoms with Crippen molar-refractivity contribution in [2.45, 2.75) is 78.0 Å². The number of rotatable bonds is 4. The molecule has 0 bridgehead atoms. The molecule has 1 amide bonds. The summed E-state index contributed by atoms with van der Waals surface area (Å²) in [5, 5.41) is 0. The number of carbonyl (C=O) groups excluding carboxylic acids is 1. The molecule has 2 fully saturated rings. The highest BCUT2D eigenvalue weighted by Gasteiger charge is 2.46. The highest BCUT2D eigenvalue weighted by molar-refractivity contribution is 5.73. The third-order valence-electron chi connectivity index (χ3n) is 6.31. The lowest BCUT2D eigenvalue weighted by Crippen LogP contribution is -2.55. The van der Waals surface area contributed by atoms with Gasteiger partial charge in [0.05, 0.1) is 11.7 Å². The first kappa shape index (κ1) is 21.3. The minimum absolute atomic E-state index is 0.0718. The van der Waals surface area contributed by atoms with Crippen molar-refractivity contribution in [3.05, 3.63) is 35.9 Å². The van der Waals surface area contributed by atoms with E-state index in [0.717, 1.165) is 51.9 Å². The molecule has 1 aromatic rings. The highest BCUT2D eigenvalue weighted by Crippen LogP contribution is 2.44. The van der Waals surface area contributed by atoms with Crippen LogP contribution in [0.15, 0.2) is 30.3 Å². The molecule has 2 aliphatic rings. The van der Waals surface area contributed by atoms with Crippen molar-refractivity contribution in [3.63, 3.8) is 0 Å². The molecule has 3 rings (SSSR count). The summed E-state index contributed by atoms with van der Waals surface area (Å²) in [4.78, 5) is 16.9. The monoisotopic (exact) mass is 386 g/mol. The van der Waals surface area contributed by atoms with Crippen molar-refractivity contribution in [1.82, 2.24) is 9.80 Å². The molecule has 4 nitrogen and oxygen atoms in total. The maximum atomic E-state index is 12.3. The first-order valence-corrected chi connectivity index (χ1v) is 10.9. The fourth-order valence-corrected chi connectivity index (χ4v) is 5.12. The Morgan fingerprint density at radius 2 is 1.86 bits per heavy atom. The van der Waals surface area contributed by atoms with Gasteiger partial charge in [0.2, 0.25) is 5.91 Å². The molecule has 0 unspecified atom stereocenters. The van der Waals surface area contributed by atoms with E-state index >= 15 is 0 Å². The van der Waals surface area contributed by atoms with Crippen molar-refractivity contribution in [2.24, 2.45) is 5.41 Å². The molecule has 2 heterocycles. The predicted molar refractivity (Wildman–Crippen MR) is 114 cm³/mol. The van der Waals surface area contributed by atoms with Crippen molar-refractivity contribution in [3.8, 4) is 0 Å². The number of benzene rings is 1. The van der Waals surface area contributed by atoms with Gasteiger partial charge in [-0.15, -0.1) is 0 Å². The summed E-state index contributed by atoms with van der Waals surface area (Å²) >= 11 is 0. The van der Waals surface area contributed by atoms with Gasteiger partial charge in [-0.2, -0.15) is 0 Å². The Bertz CT molecular complexity index is 644. The lowest BCUT2D eigenvalue weighted by molar-refractivity contribution is -0.179. The zero-order valence-electron chi connectivity index (χ0n) is 18.4. The summed E-state index contributed by atoms with van der Waals surface area (Å²) < 4.78 is 6.82. The van der Waals surface area contributed by atoms with E-state index in [1.807, 2.05) is 0 Å². The van der Waals surface area contributed by atoms with Gasteiger partial charge in [-0.25, -0.2) is 0 Å². The Morgan fingerprint density at radius 1 is 1.21 bits per heavy atom. The van der Waals surface area contributed by atoms with Crippen LogP contribution in [0, 0.1) is 5.41 Å². The molecular weight excluding hydrogens is 348 g/mol. The van der Waals surface area contributed by atoms with E-state index in [9.17, 15) is 4.79 Å². The van der Waals surface area contributed by atoms with Crippen LogP contribution in [0.2, 0.25) is 0 Å². The number of amides is 1. The van der Waals surface area contributed by atoms with Gasteiger partial charge < -0.3 is 14.5 Å². The van der Waals surface area contributed by atoms with E-state index < -0.39 is 0 Å². The maximum absolute atomic E-state index is 12.3. The van der Waals surface area contributed by atoms with Crippen molar-refractivity contribution < 1.29 is 9.53 Å². The topological polar surface area (TPSA) is 32.8 Å². The minimum atomic E-state index is -0.110. The number of hydrogen-bond donors (Lipinski definition) is 0. The van der Waals surface area contributed by atoms with Crippen LogP contribution in [-0.2, 0) is 9.53 Å². The van der Waals surface area contributed by atoms with Gasteiger partial charge in [0.15, 0.2) is 0 Å². The molecule has 0 aliphatic carbocycles. The summed E-state index contributed by atoms with van der Waals surface area (Å²) in [5.74, 6) is 0.182. The summed E-state index contributed by atoms with van der Waals surface area (Å²) in [6.07, 6.45) is 4.04. The molecule has 28 heavy (non-hydrogen) atoms. The molecule has 0 radical (unpaired) electrons. The fourth-order valence-electron chi connectivity index (χ4n) is 5.12. The van der Waals surface area contributed by atoms with Crippen LogP contribution < -0.4 is 0 Å². The van der Waals surface area contributed by atoms with E-state index in [1.54, 1.807) is 6.92 Å². The molecule has 1 spiro atoms. The largest absolute Gasteiger partial charge is 0.367 e. The SMILES string of the molecule is CCN(C(C)=O)[C@H]1C[C@@H](c2ccccc2)OC2(CCN(CC(C)(C)C)CC2)C1. The van der Waals surface area contributed by atoms with E-state index in [2.05, 4.69) is 67.8 Å². The smallest absolute Gasteiger partial charge is 0.219 e. The molecule has 0 aromatic heterocycles. The molecule has 156 valence electrons. The highest BCUT2D eigenvalue weighted by atomic mass is 16.5. The first-order chi connectivity index (χ1) is 13.2. The van der Waals surface area contributed by atoms with Gasteiger partial charge in [-0.1, -0.05) is 51.1 Å². The quantitative estimate of drug-likeness (QED) is 0.755. The van der Waals surface area contributed by atoms with Gasteiger partial charge in [0.1, 0.15) is 0 Å². The fraction of sp³-hybridized carbons (Fsp3) is 0.708. The van der Waals surface area contributed by atoms with Gasteiger partial charge >= 0.3 is 0 Å². The van der Waals surface area contributed by atoms with E-state index in [-0.39, 0.29) is 23.7 Å². The second-order valence-electron chi connectivity index (χ2n) is 9.94. The standard InChI is InChI=1S/C24H38N2O2/c1-6-26(19(2)27)21-16-22(20-10-8-7-9-11-20)28-24(17-21)12-14-25(15-13-24)18-23(3,4)5/h7-11,21-22H,6,12-18H2,1-5H3/t21-,22-/m0/s1. The Balaban J connectivity index is 1.79. The Labute approximate surface area is 171 Å². The molecule has 0 saturated carbocycles. The van der Waals surface area contributed by atoms with Crippen molar-refractivity contribution >= 4 is 5.91 Å². The van der Waals surface area contributed by atoms with Crippen LogP contribution in [0.5, 0.6) is 0 Å². The molecule has 2 aliphatic heterocycles. The van der Waals surface area contributed by atoms with Crippen LogP contribution in [0.25, 0.3) is 0 Å². The molecule has 1 aromatic carbocycles. The molecule has 2 saturated heterocycles.